The summed E-state index contributed by atoms with van der Waals surface area (Å²) in [5.74, 6) is 0. The molecule has 3 N–H and O–H groups in total. The molecule has 0 amide bonds. The zero-order valence-corrected chi connectivity index (χ0v) is 8.20. The van der Waals surface area contributed by atoms with Gasteiger partial charge in [0, 0.05) is 11.1 Å². The summed E-state index contributed by atoms with van der Waals surface area (Å²) in [4.78, 5) is 0. The summed E-state index contributed by atoms with van der Waals surface area (Å²) >= 11 is 0. The second-order valence-electron chi connectivity index (χ2n) is 3.46. The fourth-order valence-corrected chi connectivity index (χ4v) is 1.60. The molecule has 2 heteroatoms. The molecule has 2 aromatic carbocycles. The van der Waals surface area contributed by atoms with Gasteiger partial charge in [0.05, 0.1) is 6.17 Å². The Labute approximate surface area is 83.7 Å². The van der Waals surface area contributed by atoms with Gasteiger partial charge in [0.25, 0.3) is 0 Å². The Bertz CT molecular complexity index is 430. The average molecular weight is 186 g/mol. The predicted molar refractivity (Wildman–Crippen MR) is 61.2 cm³/mol. The summed E-state index contributed by atoms with van der Waals surface area (Å²) in [7, 11) is 0. The van der Waals surface area contributed by atoms with Crippen LogP contribution in [0.15, 0.2) is 42.5 Å². The summed E-state index contributed by atoms with van der Waals surface area (Å²) in [5.41, 5.74) is 6.80. The summed E-state index contributed by atoms with van der Waals surface area (Å²) in [6.07, 6.45) is -0.0270. The minimum Gasteiger partial charge on any atom is -0.370 e. The Morgan fingerprint density at radius 1 is 1.07 bits per heavy atom. The minimum absolute atomic E-state index is 0.0270. The van der Waals surface area contributed by atoms with Gasteiger partial charge in [-0.15, -0.1) is 0 Å². The number of nitrogens with one attached hydrogen (secondary N) is 1. The number of nitrogens with two attached hydrogens (primary N) is 1. The molecular weight excluding hydrogens is 172 g/mol. The normalized spacial score (nSPS) is 12.7. The Balaban J connectivity index is 2.53. The Kier molecular flexibility index (Phi) is 2.37. The second-order valence-corrected chi connectivity index (χ2v) is 3.46. The largest absolute Gasteiger partial charge is 0.370 e. The van der Waals surface area contributed by atoms with Crippen molar-refractivity contribution in [3.8, 4) is 0 Å². The molecule has 72 valence electrons. The van der Waals surface area contributed by atoms with Crippen LogP contribution in [0.3, 0.4) is 0 Å². The second kappa shape index (κ2) is 3.68. The minimum atomic E-state index is -0.0270. The van der Waals surface area contributed by atoms with Gasteiger partial charge in [-0.1, -0.05) is 36.4 Å². The summed E-state index contributed by atoms with van der Waals surface area (Å²) in [6, 6.07) is 14.5. The quantitative estimate of drug-likeness (QED) is 0.707. The molecule has 2 nitrogen and oxygen atoms in total. The van der Waals surface area contributed by atoms with E-state index < -0.39 is 0 Å². The standard InChI is InChI=1S/C12H14N2/c1-9(13)14-12-8-4-6-10-5-2-3-7-11(10)12/h2-9,14H,13H2,1H3/t9-/m1/s1. The first-order valence-corrected chi connectivity index (χ1v) is 4.77. The van der Waals surface area contributed by atoms with Gasteiger partial charge in [0.15, 0.2) is 0 Å². The van der Waals surface area contributed by atoms with Crippen LogP contribution in [0, 0.1) is 0 Å². The third-order valence-corrected chi connectivity index (χ3v) is 2.17. The van der Waals surface area contributed by atoms with E-state index >= 15 is 0 Å². The molecule has 0 aromatic heterocycles. The van der Waals surface area contributed by atoms with Crippen molar-refractivity contribution in [1.29, 1.82) is 0 Å². The van der Waals surface area contributed by atoms with Crippen molar-refractivity contribution >= 4 is 16.5 Å². The van der Waals surface area contributed by atoms with E-state index in [0.717, 1.165) is 5.69 Å². The van der Waals surface area contributed by atoms with Gasteiger partial charge in [-0.3, -0.25) is 0 Å². The lowest BCUT2D eigenvalue weighted by Crippen LogP contribution is -2.25. The highest BCUT2D eigenvalue weighted by atomic mass is 15.0. The van der Waals surface area contributed by atoms with Crippen molar-refractivity contribution in [1.82, 2.24) is 0 Å². The number of anilines is 1. The van der Waals surface area contributed by atoms with Crippen LogP contribution in [0.1, 0.15) is 6.92 Å². The molecule has 0 saturated heterocycles. The Morgan fingerprint density at radius 3 is 2.57 bits per heavy atom. The fraction of sp³-hybridized carbons (Fsp3) is 0.167. The van der Waals surface area contributed by atoms with Crippen molar-refractivity contribution in [2.45, 2.75) is 13.1 Å². The predicted octanol–water partition coefficient (Wildman–Crippen LogP) is 2.56. The SMILES string of the molecule is C[C@H](N)Nc1cccc2ccccc12. The first-order valence-electron chi connectivity index (χ1n) is 4.77. The van der Waals surface area contributed by atoms with Gasteiger partial charge in [-0.05, 0) is 18.4 Å². The van der Waals surface area contributed by atoms with Crippen LogP contribution < -0.4 is 11.1 Å². The van der Waals surface area contributed by atoms with Gasteiger partial charge >= 0.3 is 0 Å². The van der Waals surface area contributed by atoms with Crippen LogP contribution in [0.5, 0.6) is 0 Å². The molecule has 2 aromatic rings. The van der Waals surface area contributed by atoms with Crippen LogP contribution in [0.4, 0.5) is 5.69 Å². The van der Waals surface area contributed by atoms with E-state index in [1.807, 2.05) is 31.2 Å². The number of fused-ring (bicyclic) bond motifs is 1. The van der Waals surface area contributed by atoms with Crippen LogP contribution in [0.25, 0.3) is 10.8 Å². The highest BCUT2D eigenvalue weighted by molar-refractivity contribution is 5.93. The van der Waals surface area contributed by atoms with Crippen molar-refractivity contribution in [2.24, 2.45) is 5.73 Å². The molecule has 0 spiro atoms. The zero-order valence-electron chi connectivity index (χ0n) is 8.20. The van der Waals surface area contributed by atoms with Gasteiger partial charge < -0.3 is 11.1 Å². The molecular formula is C12H14N2. The van der Waals surface area contributed by atoms with Crippen LogP contribution in [0.2, 0.25) is 0 Å². The highest BCUT2D eigenvalue weighted by Crippen LogP contribution is 2.22. The Morgan fingerprint density at radius 2 is 1.79 bits per heavy atom. The van der Waals surface area contributed by atoms with Crippen LogP contribution in [-0.4, -0.2) is 6.17 Å². The lowest BCUT2D eigenvalue weighted by Gasteiger charge is -2.12. The van der Waals surface area contributed by atoms with Crippen LogP contribution in [-0.2, 0) is 0 Å². The molecule has 0 bridgehead atoms. The van der Waals surface area contributed by atoms with E-state index in [-0.39, 0.29) is 6.17 Å². The maximum Gasteiger partial charge on any atom is 0.0714 e. The van der Waals surface area contributed by atoms with E-state index in [1.165, 1.54) is 10.8 Å². The molecule has 2 rings (SSSR count). The topological polar surface area (TPSA) is 38.0 Å². The lowest BCUT2D eigenvalue weighted by molar-refractivity contribution is 0.853. The zero-order chi connectivity index (χ0) is 9.97. The fourth-order valence-electron chi connectivity index (χ4n) is 1.60. The number of rotatable bonds is 2. The van der Waals surface area contributed by atoms with Crippen molar-refractivity contribution in [2.75, 3.05) is 5.32 Å². The van der Waals surface area contributed by atoms with Gasteiger partial charge in [-0.2, -0.15) is 0 Å². The molecule has 14 heavy (non-hydrogen) atoms. The molecule has 1 atom stereocenters. The van der Waals surface area contributed by atoms with Gasteiger partial charge in [0.1, 0.15) is 0 Å². The smallest absolute Gasteiger partial charge is 0.0714 e. The van der Waals surface area contributed by atoms with E-state index in [2.05, 4.69) is 23.5 Å². The maximum absolute atomic E-state index is 5.70. The number of benzene rings is 2. The summed E-state index contributed by atoms with van der Waals surface area (Å²) < 4.78 is 0. The summed E-state index contributed by atoms with van der Waals surface area (Å²) in [5, 5.41) is 5.68. The first kappa shape index (κ1) is 9.03. The van der Waals surface area contributed by atoms with Crippen molar-refractivity contribution in [3.63, 3.8) is 0 Å². The van der Waals surface area contributed by atoms with E-state index in [4.69, 9.17) is 5.73 Å². The molecule has 0 fully saturated rings. The summed E-state index contributed by atoms with van der Waals surface area (Å²) in [6.45, 7) is 1.93. The lowest BCUT2D eigenvalue weighted by atomic mass is 10.1. The monoisotopic (exact) mass is 186 g/mol. The molecule has 0 aliphatic rings. The van der Waals surface area contributed by atoms with E-state index in [9.17, 15) is 0 Å². The third kappa shape index (κ3) is 1.70. The number of hydrogen-bond donors (Lipinski definition) is 2. The molecule has 0 heterocycles. The van der Waals surface area contributed by atoms with Crippen molar-refractivity contribution in [3.05, 3.63) is 42.5 Å². The van der Waals surface area contributed by atoms with E-state index in [1.54, 1.807) is 0 Å². The average Bonchev–Trinajstić information content (AvgIpc) is 2.18. The van der Waals surface area contributed by atoms with Gasteiger partial charge in [0.2, 0.25) is 0 Å². The first-order chi connectivity index (χ1) is 6.77. The molecule has 0 saturated carbocycles. The molecule has 0 aliphatic heterocycles. The molecule has 0 aliphatic carbocycles. The number of hydrogen-bond acceptors (Lipinski definition) is 2. The third-order valence-electron chi connectivity index (χ3n) is 2.17. The Hall–Kier alpha value is -1.54. The van der Waals surface area contributed by atoms with Crippen LogP contribution >= 0.6 is 0 Å². The van der Waals surface area contributed by atoms with E-state index in [0.29, 0.717) is 0 Å². The highest BCUT2D eigenvalue weighted by Gasteiger charge is 2.00. The molecule has 0 radical (unpaired) electrons. The maximum atomic E-state index is 5.70. The van der Waals surface area contributed by atoms with Crippen molar-refractivity contribution < 1.29 is 0 Å². The van der Waals surface area contributed by atoms with Gasteiger partial charge in [-0.25, -0.2) is 0 Å². The molecule has 0 unspecified atom stereocenters.